The van der Waals surface area contributed by atoms with E-state index in [2.05, 4.69) is 0 Å². The fourth-order valence-corrected chi connectivity index (χ4v) is 2.30. The van der Waals surface area contributed by atoms with Crippen molar-refractivity contribution < 1.29 is 19.7 Å². The van der Waals surface area contributed by atoms with Crippen molar-refractivity contribution in [3.05, 3.63) is 29.8 Å². The third kappa shape index (κ3) is 5.21. The first-order chi connectivity index (χ1) is 9.58. The number of methoxy groups -OCH3 is 1. The fraction of sp³-hybridized carbons (Fsp3) is 0.562. The lowest BCUT2D eigenvalue weighted by Gasteiger charge is -2.18. The average Bonchev–Trinajstić information content (AvgIpc) is 2.44. The van der Waals surface area contributed by atoms with Crippen LogP contribution < -0.4 is 4.74 Å². The maximum atomic E-state index is 11.2. The molecule has 1 rings (SSSR count). The van der Waals surface area contributed by atoms with Gasteiger partial charge in [-0.1, -0.05) is 25.5 Å². The number of aliphatic carboxylic acids is 1. The summed E-state index contributed by atoms with van der Waals surface area (Å²) >= 11 is 0. The van der Waals surface area contributed by atoms with Crippen molar-refractivity contribution in [3.8, 4) is 5.75 Å². The van der Waals surface area contributed by atoms with Crippen LogP contribution in [0.4, 0.5) is 0 Å². The smallest absolute Gasteiger partial charge is 0.309 e. The lowest BCUT2D eigenvalue weighted by atomic mass is 9.92. The van der Waals surface area contributed by atoms with E-state index in [1.54, 1.807) is 7.11 Å². The summed E-state index contributed by atoms with van der Waals surface area (Å²) in [6.07, 6.45) is 2.66. The molecule has 20 heavy (non-hydrogen) atoms. The lowest BCUT2D eigenvalue weighted by Crippen LogP contribution is -2.28. The number of carbonyl (C=O) groups is 1. The van der Waals surface area contributed by atoms with Crippen LogP contribution in [0, 0.1) is 5.92 Å². The molecule has 0 aliphatic heterocycles. The SMILES string of the molecule is CCCC(O)C(CCCc1ccc(OC)cc1)C(=O)O. The quantitative estimate of drug-likeness (QED) is 0.730. The molecule has 2 N–H and O–H groups in total. The van der Waals surface area contributed by atoms with Gasteiger partial charge in [0.25, 0.3) is 0 Å². The number of hydrogen-bond acceptors (Lipinski definition) is 3. The Balaban J connectivity index is 2.45. The summed E-state index contributed by atoms with van der Waals surface area (Å²) in [5.41, 5.74) is 1.15. The van der Waals surface area contributed by atoms with Gasteiger partial charge in [0.2, 0.25) is 0 Å². The summed E-state index contributed by atoms with van der Waals surface area (Å²) in [7, 11) is 1.63. The molecule has 0 radical (unpaired) electrons. The van der Waals surface area contributed by atoms with Crippen molar-refractivity contribution in [2.24, 2.45) is 5.92 Å². The molecule has 0 amide bonds. The molecule has 112 valence electrons. The molecule has 0 aromatic heterocycles. The van der Waals surface area contributed by atoms with Gasteiger partial charge < -0.3 is 14.9 Å². The number of ether oxygens (including phenoxy) is 1. The second-order valence-electron chi connectivity index (χ2n) is 5.04. The van der Waals surface area contributed by atoms with E-state index in [0.29, 0.717) is 12.8 Å². The second kappa shape index (κ2) is 8.59. The molecule has 2 unspecified atom stereocenters. The zero-order valence-electron chi connectivity index (χ0n) is 12.2. The molecule has 0 spiro atoms. The van der Waals surface area contributed by atoms with E-state index in [-0.39, 0.29) is 0 Å². The minimum absolute atomic E-state index is 0.503. The molecule has 0 saturated heterocycles. The summed E-state index contributed by atoms with van der Waals surface area (Å²) in [4.78, 5) is 11.2. The minimum atomic E-state index is -0.902. The van der Waals surface area contributed by atoms with Crippen LogP contribution in [0.25, 0.3) is 0 Å². The largest absolute Gasteiger partial charge is 0.497 e. The van der Waals surface area contributed by atoms with Gasteiger partial charge in [0, 0.05) is 0 Å². The summed E-state index contributed by atoms with van der Waals surface area (Å²) < 4.78 is 5.09. The van der Waals surface area contributed by atoms with Crippen molar-refractivity contribution in [1.29, 1.82) is 0 Å². The standard InChI is InChI=1S/C16H24O4/c1-3-5-15(17)14(16(18)19)7-4-6-12-8-10-13(20-2)11-9-12/h8-11,14-15,17H,3-7H2,1-2H3,(H,18,19). The molecule has 1 aromatic carbocycles. The molecule has 4 heteroatoms. The topological polar surface area (TPSA) is 66.8 Å². The molecule has 4 nitrogen and oxygen atoms in total. The number of aliphatic hydroxyl groups excluding tert-OH is 1. The molecule has 0 fully saturated rings. The van der Waals surface area contributed by atoms with Gasteiger partial charge in [-0.05, 0) is 43.4 Å². The Morgan fingerprint density at radius 1 is 1.25 bits per heavy atom. The molecule has 0 heterocycles. The highest BCUT2D eigenvalue weighted by Crippen LogP contribution is 2.19. The third-order valence-electron chi connectivity index (χ3n) is 3.51. The van der Waals surface area contributed by atoms with Gasteiger partial charge in [-0.2, -0.15) is 0 Å². The first-order valence-corrected chi connectivity index (χ1v) is 7.12. The van der Waals surface area contributed by atoms with Crippen LogP contribution in [0.1, 0.15) is 38.2 Å². The summed E-state index contributed by atoms with van der Waals surface area (Å²) in [6.45, 7) is 1.94. The number of aryl methyl sites for hydroxylation is 1. The zero-order chi connectivity index (χ0) is 15.0. The van der Waals surface area contributed by atoms with Crippen LogP contribution in [0.2, 0.25) is 0 Å². The first-order valence-electron chi connectivity index (χ1n) is 7.12. The number of carboxylic acid groups (broad SMARTS) is 1. The van der Waals surface area contributed by atoms with Crippen LogP contribution in [0.15, 0.2) is 24.3 Å². The van der Waals surface area contributed by atoms with Gasteiger partial charge in [-0.3, -0.25) is 4.79 Å². The van der Waals surface area contributed by atoms with Gasteiger partial charge in [0.15, 0.2) is 0 Å². The van der Waals surface area contributed by atoms with Crippen molar-refractivity contribution in [1.82, 2.24) is 0 Å². The Labute approximate surface area is 120 Å². The number of hydrogen-bond donors (Lipinski definition) is 2. The summed E-state index contributed by atoms with van der Waals surface area (Å²) in [5.74, 6) is -0.746. The minimum Gasteiger partial charge on any atom is -0.497 e. The summed E-state index contributed by atoms with van der Waals surface area (Å²) in [6, 6.07) is 7.76. The highest BCUT2D eigenvalue weighted by molar-refractivity contribution is 5.70. The van der Waals surface area contributed by atoms with E-state index in [0.717, 1.165) is 30.6 Å². The van der Waals surface area contributed by atoms with Crippen molar-refractivity contribution in [2.75, 3.05) is 7.11 Å². The van der Waals surface area contributed by atoms with E-state index >= 15 is 0 Å². The third-order valence-corrected chi connectivity index (χ3v) is 3.51. The highest BCUT2D eigenvalue weighted by Gasteiger charge is 2.25. The molecule has 0 aliphatic carbocycles. The highest BCUT2D eigenvalue weighted by atomic mass is 16.5. The Bertz CT molecular complexity index is 399. The number of carboxylic acids is 1. The molecular formula is C16H24O4. The van der Waals surface area contributed by atoms with Crippen LogP contribution in [-0.4, -0.2) is 29.4 Å². The van der Waals surface area contributed by atoms with Crippen LogP contribution in [0.5, 0.6) is 5.75 Å². The van der Waals surface area contributed by atoms with E-state index in [1.165, 1.54) is 0 Å². The van der Waals surface area contributed by atoms with Gasteiger partial charge in [-0.25, -0.2) is 0 Å². The van der Waals surface area contributed by atoms with Gasteiger partial charge in [0.05, 0.1) is 19.1 Å². The van der Waals surface area contributed by atoms with E-state index < -0.39 is 18.0 Å². The Morgan fingerprint density at radius 2 is 1.90 bits per heavy atom. The fourth-order valence-electron chi connectivity index (χ4n) is 2.30. The Morgan fingerprint density at radius 3 is 2.40 bits per heavy atom. The monoisotopic (exact) mass is 280 g/mol. The predicted molar refractivity (Wildman–Crippen MR) is 78.0 cm³/mol. The molecule has 2 atom stereocenters. The van der Waals surface area contributed by atoms with E-state index in [1.807, 2.05) is 31.2 Å². The molecule has 0 bridgehead atoms. The number of aliphatic hydroxyl groups is 1. The average molecular weight is 280 g/mol. The molecular weight excluding hydrogens is 256 g/mol. The maximum absolute atomic E-state index is 11.2. The molecule has 1 aromatic rings. The van der Waals surface area contributed by atoms with Crippen molar-refractivity contribution >= 4 is 5.97 Å². The normalized spacial score (nSPS) is 13.8. The van der Waals surface area contributed by atoms with Crippen molar-refractivity contribution in [2.45, 2.75) is 45.1 Å². The van der Waals surface area contributed by atoms with Crippen LogP contribution in [-0.2, 0) is 11.2 Å². The number of rotatable bonds is 9. The Kier molecular flexibility index (Phi) is 7.09. The molecule has 0 aliphatic rings. The summed E-state index contributed by atoms with van der Waals surface area (Å²) in [5, 5.41) is 19.0. The number of benzene rings is 1. The maximum Gasteiger partial charge on any atom is 0.309 e. The van der Waals surface area contributed by atoms with Crippen molar-refractivity contribution in [3.63, 3.8) is 0 Å². The van der Waals surface area contributed by atoms with Gasteiger partial charge in [0.1, 0.15) is 5.75 Å². The lowest BCUT2D eigenvalue weighted by molar-refractivity contribution is -0.146. The molecule has 0 saturated carbocycles. The zero-order valence-corrected chi connectivity index (χ0v) is 12.2. The Hall–Kier alpha value is -1.55. The second-order valence-corrected chi connectivity index (χ2v) is 5.04. The predicted octanol–water partition coefficient (Wildman–Crippen LogP) is 2.88. The van der Waals surface area contributed by atoms with Gasteiger partial charge in [-0.15, -0.1) is 0 Å². The first kappa shape index (κ1) is 16.5. The van der Waals surface area contributed by atoms with E-state index in [4.69, 9.17) is 9.84 Å². The van der Waals surface area contributed by atoms with E-state index in [9.17, 15) is 9.90 Å². The van der Waals surface area contributed by atoms with Gasteiger partial charge >= 0.3 is 5.97 Å². The van der Waals surface area contributed by atoms with Crippen LogP contribution in [0.3, 0.4) is 0 Å². The van der Waals surface area contributed by atoms with Crippen LogP contribution >= 0.6 is 0 Å².